The lowest BCUT2D eigenvalue weighted by Crippen LogP contribution is -2.41. The summed E-state index contributed by atoms with van der Waals surface area (Å²) in [5, 5.41) is 2.93. The first-order valence-corrected chi connectivity index (χ1v) is 8.62. The number of anilines is 2. The van der Waals surface area contributed by atoms with Gasteiger partial charge in [-0.3, -0.25) is 4.79 Å². The summed E-state index contributed by atoms with van der Waals surface area (Å²) < 4.78 is 0. The van der Waals surface area contributed by atoms with Gasteiger partial charge in [0.05, 0.1) is 17.0 Å². The predicted octanol–water partition coefficient (Wildman–Crippen LogP) is 3.12. The molecule has 1 aliphatic rings. The Bertz CT molecular complexity index is 853. The summed E-state index contributed by atoms with van der Waals surface area (Å²) in [6.07, 6.45) is 3.61. The fourth-order valence-electron chi connectivity index (χ4n) is 3.24. The molecule has 3 aromatic rings. The Morgan fingerprint density at radius 2 is 2.16 bits per heavy atom. The van der Waals surface area contributed by atoms with Crippen LogP contribution in [-0.2, 0) is 4.79 Å². The standard InChI is InChI=1S/C19H21N5O/c1-13-8-9-17(20-11-13)23-18(25)14-5-4-10-24(12-14)19-21-15-6-2-3-7-16(15)22-19/h2-3,6-9,11,14H,4-5,10,12H2,1H3,(H,21,22)(H,20,23,25). The molecule has 6 heteroatoms. The van der Waals surface area contributed by atoms with Gasteiger partial charge in [-0.25, -0.2) is 9.97 Å². The lowest BCUT2D eigenvalue weighted by atomic mass is 9.97. The Labute approximate surface area is 146 Å². The fraction of sp³-hybridized carbons (Fsp3) is 0.316. The maximum Gasteiger partial charge on any atom is 0.230 e. The number of nitrogens with zero attached hydrogens (tertiary/aromatic N) is 3. The summed E-state index contributed by atoms with van der Waals surface area (Å²) in [4.78, 5) is 27.0. The molecule has 3 heterocycles. The number of carbonyl (C=O) groups is 1. The Hall–Kier alpha value is -2.89. The molecule has 1 saturated heterocycles. The first kappa shape index (κ1) is 15.6. The van der Waals surface area contributed by atoms with Gasteiger partial charge in [-0.2, -0.15) is 0 Å². The Balaban J connectivity index is 1.46. The zero-order chi connectivity index (χ0) is 17.2. The number of rotatable bonds is 3. The van der Waals surface area contributed by atoms with Crippen LogP contribution >= 0.6 is 0 Å². The van der Waals surface area contributed by atoms with E-state index in [1.165, 1.54) is 0 Å². The quantitative estimate of drug-likeness (QED) is 0.771. The van der Waals surface area contributed by atoms with E-state index in [0.29, 0.717) is 12.4 Å². The summed E-state index contributed by atoms with van der Waals surface area (Å²) in [5.41, 5.74) is 3.05. The van der Waals surface area contributed by atoms with Gasteiger partial charge in [0.2, 0.25) is 11.9 Å². The minimum atomic E-state index is -0.0648. The predicted molar refractivity (Wildman–Crippen MR) is 98.6 cm³/mol. The van der Waals surface area contributed by atoms with E-state index in [1.807, 2.05) is 43.3 Å². The average molecular weight is 335 g/mol. The number of imidazole rings is 1. The van der Waals surface area contributed by atoms with Crippen LogP contribution in [0.25, 0.3) is 11.0 Å². The molecule has 25 heavy (non-hydrogen) atoms. The maximum absolute atomic E-state index is 12.6. The molecule has 1 aliphatic heterocycles. The Morgan fingerprint density at radius 3 is 2.96 bits per heavy atom. The van der Waals surface area contributed by atoms with Crippen LogP contribution in [0, 0.1) is 12.8 Å². The highest BCUT2D eigenvalue weighted by atomic mass is 16.2. The summed E-state index contributed by atoms with van der Waals surface area (Å²) in [7, 11) is 0. The number of para-hydroxylation sites is 2. The number of piperidine rings is 1. The highest BCUT2D eigenvalue weighted by Gasteiger charge is 2.27. The number of H-pyrrole nitrogens is 1. The molecule has 1 aromatic carbocycles. The number of pyridine rings is 1. The zero-order valence-corrected chi connectivity index (χ0v) is 14.2. The van der Waals surface area contributed by atoms with Gasteiger partial charge in [0, 0.05) is 19.3 Å². The second-order valence-electron chi connectivity index (χ2n) is 6.57. The molecule has 128 valence electrons. The van der Waals surface area contributed by atoms with Crippen molar-refractivity contribution in [1.82, 2.24) is 15.0 Å². The third kappa shape index (κ3) is 3.33. The molecule has 0 radical (unpaired) electrons. The van der Waals surface area contributed by atoms with E-state index < -0.39 is 0 Å². The van der Waals surface area contributed by atoms with Crippen molar-refractivity contribution in [2.24, 2.45) is 5.92 Å². The smallest absolute Gasteiger partial charge is 0.230 e. The minimum Gasteiger partial charge on any atom is -0.342 e. The topological polar surface area (TPSA) is 73.9 Å². The largest absolute Gasteiger partial charge is 0.342 e. The van der Waals surface area contributed by atoms with Crippen LogP contribution in [0.3, 0.4) is 0 Å². The molecule has 2 aromatic heterocycles. The lowest BCUT2D eigenvalue weighted by molar-refractivity contribution is -0.120. The van der Waals surface area contributed by atoms with Gasteiger partial charge < -0.3 is 15.2 Å². The molecule has 6 nitrogen and oxygen atoms in total. The molecule has 4 rings (SSSR count). The molecule has 0 aliphatic carbocycles. The molecular weight excluding hydrogens is 314 g/mol. The molecule has 1 unspecified atom stereocenters. The Morgan fingerprint density at radius 1 is 1.28 bits per heavy atom. The van der Waals surface area contributed by atoms with Gasteiger partial charge in [0.25, 0.3) is 0 Å². The van der Waals surface area contributed by atoms with Crippen LogP contribution in [0.1, 0.15) is 18.4 Å². The van der Waals surface area contributed by atoms with Gasteiger partial charge in [-0.1, -0.05) is 18.2 Å². The number of hydrogen-bond acceptors (Lipinski definition) is 4. The normalized spacial score (nSPS) is 17.6. The third-order valence-corrected chi connectivity index (χ3v) is 4.63. The van der Waals surface area contributed by atoms with E-state index in [0.717, 1.165) is 41.9 Å². The first-order valence-electron chi connectivity index (χ1n) is 8.62. The molecule has 1 atom stereocenters. The number of aromatic nitrogens is 3. The molecule has 1 amide bonds. The summed E-state index contributed by atoms with van der Waals surface area (Å²) >= 11 is 0. The molecule has 2 N–H and O–H groups in total. The monoisotopic (exact) mass is 335 g/mol. The highest BCUT2D eigenvalue weighted by Crippen LogP contribution is 2.24. The number of fused-ring (bicyclic) bond motifs is 1. The van der Waals surface area contributed by atoms with Crippen LogP contribution in [-0.4, -0.2) is 33.9 Å². The molecule has 0 saturated carbocycles. The van der Waals surface area contributed by atoms with E-state index in [4.69, 9.17) is 0 Å². The van der Waals surface area contributed by atoms with Crippen LogP contribution in [0.15, 0.2) is 42.6 Å². The number of aromatic amines is 1. The van der Waals surface area contributed by atoms with Gasteiger partial charge in [-0.05, 0) is 43.5 Å². The summed E-state index contributed by atoms with van der Waals surface area (Å²) in [6, 6.07) is 11.8. The molecular formula is C19H21N5O. The van der Waals surface area contributed by atoms with E-state index in [9.17, 15) is 4.79 Å². The SMILES string of the molecule is Cc1ccc(NC(=O)C2CCCN(c3nc4ccccc4[nH]3)C2)nc1. The van der Waals surface area contributed by atoms with E-state index in [1.54, 1.807) is 6.20 Å². The molecule has 1 fully saturated rings. The van der Waals surface area contributed by atoms with Gasteiger partial charge in [0.1, 0.15) is 5.82 Å². The van der Waals surface area contributed by atoms with E-state index in [-0.39, 0.29) is 11.8 Å². The van der Waals surface area contributed by atoms with Crippen molar-refractivity contribution in [3.63, 3.8) is 0 Å². The first-order chi connectivity index (χ1) is 12.2. The van der Waals surface area contributed by atoms with E-state index in [2.05, 4.69) is 25.2 Å². The van der Waals surface area contributed by atoms with Crippen molar-refractivity contribution in [3.8, 4) is 0 Å². The number of nitrogens with one attached hydrogen (secondary N) is 2. The van der Waals surface area contributed by atoms with Crippen molar-refractivity contribution in [1.29, 1.82) is 0 Å². The molecule has 0 bridgehead atoms. The van der Waals surface area contributed by atoms with Crippen molar-refractivity contribution in [2.75, 3.05) is 23.3 Å². The zero-order valence-electron chi connectivity index (χ0n) is 14.2. The second kappa shape index (κ2) is 6.55. The lowest BCUT2D eigenvalue weighted by Gasteiger charge is -2.31. The van der Waals surface area contributed by atoms with Crippen LogP contribution < -0.4 is 10.2 Å². The van der Waals surface area contributed by atoms with Crippen molar-refractivity contribution in [2.45, 2.75) is 19.8 Å². The number of hydrogen-bond donors (Lipinski definition) is 2. The highest BCUT2D eigenvalue weighted by molar-refractivity contribution is 5.92. The van der Waals surface area contributed by atoms with Crippen LogP contribution in [0.2, 0.25) is 0 Å². The fourth-order valence-corrected chi connectivity index (χ4v) is 3.24. The summed E-state index contributed by atoms with van der Waals surface area (Å²) in [5.74, 6) is 1.41. The number of amides is 1. The van der Waals surface area contributed by atoms with Gasteiger partial charge >= 0.3 is 0 Å². The van der Waals surface area contributed by atoms with E-state index >= 15 is 0 Å². The minimum absolute atomic E-state index is 0.0252. The second-order valence-corrected chi connectivity index (χ2v) is 6.57. The molecule has 0 spiro atoms. The number of benzene rings is 1. The van der Waals surface area contributed by atoms with Crippen LogP contribution in [0.4, 0.5) is 11.8 Å². The third-order valence-electron chi connectivity index (χ3n) is 4.63. The van der Waals surface area contributed by atoms with Gasteiger partial charge in [-0.15, -0.1) is 0 Å². The average Bonchev–Trinajstić information content (AvgIpc) is 3.08. The summed E-state index contributed by atoms with van der Waals surface area (Å²) in [6.45, 7) is 3.55. The van der Waals surface area contributed by atoms with Crippen molar-refractivity contribution >= 4 is 28.7 Å². The number of aryl methyl sites for hydroxylation is 1. The van der Waals surface area contributed by atoms with Crippen molar-refractivity contribution < 1.29 is 4.79 Å². The van der Waals surface area contributed by atoms with Crippen LogP contribution in [0.5, 0.6) is 0 Å². The number of carbonyl (C=O) groups excluding carboxylic acids is 1. The Kier molecular flexibility index (Phi) is 4.09. The van der Waals surface area contributed by atoms with Gasteiger partial charge in [0.15, 0.2) is 0 Å². The van der Waals surface area contributed by atoms with Crippen molar-refractivity contribution in [3.05, 3.63) is 48.2 Å². The maximum atomic E-state index is 12.6.